The Hall–Kier alpha value is -3.52. The number of nitro groups is 1. The van der Waals surface area contributed by atoms with Crippen LogP contribution in [0.4, 0.5) is 18.9 Å². The van der Waals surface area contributed by atoms with E-state index in [2.05, 4.69) is 9.72 Å². The lowest BCUT2D eigenvalue weighted by Crippen LogP contribution is -2.17. The highest BCUT2D eigenvalue weighted by atomic mass is 32.2. The number of ether oxygens (including phenoxy) is 1. The van der Waals surface area contributed by atoms with Crippen LogP contribution in [0.2, 0.25) is 0 Å². The van der Waals surface area contributed by atoms with E-state index in [-0.39, 0.29) is 17.2 Å². The van der Waals surface area contributed by atoms with E-state index in [4.69, 9.17) is 5.26 Å². The van der Waals surface area contributed by atoms with Crippen LogP contribution in [-0.4, -0.2) is 26.6 Å². The number of rotatable bonds is 6. The second-order valence-corrected chi connectivity index (χ2v) is 6.50. The summed E-state index contributed by atoms with van der Waals surface area (Å²) in [5.41, 5.74) is 1.32. The highest BCUT2D eigenvalue weighted by molar-refractivity contribution is 7.99. The summed E-state index contributed by atoms with van der Waals surface area (Å²) in [7, 11) is 0. The largest absolute Gasteiger partial charge is 0.573 e. The van der Waals surface area contributed by atoms with Crippen molar-refractivity contribution in [1.82, 2.24) is 9.55 Å². The number of aromatic nitrogens is 2. The van der Waals surface area contributed by atoms with Crippen LogP contribution in [0, 0.1) is 21.4 Å². The smallest absolute Gasteiger partial charge is 0.406 e. The number of nitro benzene ring substituents is 1. The number of alkyl halides is 3. The van der Waals surface area contributed by atoms with Gasteiger partial charge in [-0.1, -0.05) is 23.9 Å². The summed E-state index contributed by atoms with van der Waals surface area (Å²) in [5.74, 6) is -0.287. The Kier molecular flexibility index (Phi) is 5.74. The van der Waals surface area contributed by atoms with Crippen LogP contribution in [0.3, 0.4) is 0 Å². The summed E-state index contributed by atoms with van der Waals surface area (Å²) < 4.78 is 42.6. The van der Waals surface area contributed by atoms with E-state index in [1.807, 2.05) is 6.07 Å². The summed E-state index contributed by atoms with van der Waals surface area (Å²) in [6, 6.07) is 13.0. The summed E-state index contributed by atoms with van der Waals surface area (Å²) in [6.07, 6.45) is -3.32. The van der Waals surface area contributed by atoms with Crippen LogP contribution in [-0.2, 0) is 0 Å². The predicted molar refractivity (Wildman–Crippen MR) is 98.7 cm³/mol. The highest BCUT2D eigenvalue weighted by Crippen LogP contribution is 2.32. The quantitative estimate of drug-likeness (QED) is 0.318. The fourth-order valence-corrected chi connectivity index (χ4v) is 3.22. The van der Waals surface area contributed by atoms with Gasteiger partial charge in [-0.15, -0.1) is 13.2 Å². The van der Waals surface area contributed by atoms with Crippen molar-refractivity contribution in [3.63, 3.8) is 0 Å². The minimum atomic E-state index is -4.81. The molecule has 0 atom stereocenters. The number of non-ortho nitro benzene ring substituents is 1. The molecule has 0 radical (unpaired) electrons. The minimum Gasteiger partial charge on any atom is -0.406 e. The van der Waals surface area contributed by atoms with E-state index in [9.17, 15) is 23.3 Å². The van der Waals surface area contributed by atoms with Crippen LogP contribution in [0.5, 0.6) is 5.75 Å². The van der Waals surface area contributed by atoms with Gasteiger partial charge < -0.3 is 4.74 Å². The average molecular weight is 420 g/mol. The lowest BCUT2D eigenvalue weighted by molar-refractivity contribution is -0.384. The molecule has 0 fully saturated rings. The van der Waals surface area contributed by atoms with Crippen LogP contribution < -0.4 is 4.74 Å². The number of nitrogens with zero attached hydrogens (tertiary/aromatic N) is 4. The molecular weight excluding hydrogens is 409 g/mol. The van der Waals surface area contributed by atoms with Gasteiger partial charge in [-0.25, -0.2) is 4.98 Å². The monoisotopic (exact) mass is 420 g/mol. The molecule has 148 valence electrons. The van der Waals surface area contributed by atoms with Gasteiger partial charge in [0.25, 0.3) is 5.69 Å². The van der Waals surface area contributed by atoms with Gasteiger partial charge in [0.05, 0.1) is 28.6 Å². The molecule has 1 aromatic heterocycles. The van der Waals surface area contributed by atoms with Crippen LogP contribution in [0.15, 0.2) is 59.9 Å². The maximum Gasteiger partial charge on any atom is 0.573 e. The second kappa shape index (κ2) is 8.24. The van der Waals surface area contributed by atoms with Crippen LogP contribution >= 0.6 is 11.8 Å². The van der Waals surface area contributed by atoms with E-state index >= 15 is 0 Å². The lowest BCUT2D eigenvalue weighted by Gasteiger charge is -2.13. The molecule has 3 aromatic rings. The maximum atomic E-state index is 12.4. The minimum absolute atomic E-state index is 0.0979. The standard InChI is InChI=1S/C18H11F3N4O3S/c19-18(20,21)28-15-6-4-13(5-7-15)24-16(11-23-17(24)29-9-8-22)12-2-1-3-14(10-12)25(26)27/h1-7,10-11H,9H2. The van der Waals surface area contributed by atoms with Crippen LogP contribution in [0.1, 0.15) is 0 Å². The first-order chi connectivity index (χ1) is 13.8. The fraction of sp³-hybridized carbons (Fsp3) is 0.111. The highest BCUT2D eigenvalue weighted by Gasteiger charge is 2.31. The van der Waals surface area contributed by atoms with Crippen molar-refractivity contribution in [3.8, 4) is 28.8 Å². The Bertz CT molecular complexity index is 1080. The van der Waals surface area contributed by atoms with Gasteiger partial charge in [0.2, 0.25) is 0 Å². The zero-order valence-corrected chi connectivity index (χ0v) is 15.3. The van der Waals surface area contributed by atoms with Crippen molar-refractivity contribution in [1.29, 1.82) is 5.26 Å². The molecule has 0 unspecified atom stereocenters. The summed E-state index contributed by atoms with van der Waals surface area (Å²) in [4.78, 5) is 14.8. The third-order valence-corrected chi connectivity index (χ3v) is 4.50. The average Bonchev–Trinajstić information content (AvgIpc) is 3.09. The third-order valence-electron chi connectivity index (χ3n) is 3.68. The molecule has 11 heteroatoms. The van der Waals surface area contributed by atoms with Crippen molar-refractivity contribution >= 4 is 17.4 Å². The van der Waals surface area contributed by atoms with E-state index in [1.165, 1.54) is 36.5 Å². The number of benzene rings is 2. The van der Waals surface area contributed by atoms with Gasteiger partial charge in [-0.3, -0.25) is 14.7 Å². The lowest BCUT2D eigenvalue weighted by atomic mass is 10.1. The Morgan fingerprint density at radius 3 is 2.59 bits per heavy atom. The van der Waals surface area contributed by atoms with Crippen molar-refractivity contribution < 1.29 is 22.8 Å². The molecule has 7 nitrogen and oxygen atoms in total. The number of halogens is 3. The summed E-state index contributed by atoms with van der Waals surface area (Å²) >= 11 is 1.13. The molecule has 0 saturated heterocycles. The number of hydrogen-bond donors (Lipinski definition) is 0. The number of thioether (sulfide) groups is 1. The van der Waals surface area contributed by atoms with E-state index < -0.39 is 11.3 Å². The Labute approximate surface area is 166 Å². The molecule has 0 aliphatic rings. The molecule has 3 rings (SSSR count). The normalized spacial score (nSPS) is 11.1. The number of imidazole rings is 1. The first-order valence-electron chi connectivity index (χ1n) is 7.97. The molecule has 0 saturated carbocycles. The molecule has 0 aliphatic heterocycles. The molecule has 0 aliphatic carbocycles. The number of hydrogen-bond acceptors (Lipinski definition) is 6. The molecule has 1 heterocycles. The van der Waals surface area contributed by atoms with Gasteiger partial charge in [0.15, 0.2) is 5.16 Å². The van der Waals surface area contributed by atoms with Crippen molar-refractivity contribution in [2.24, 2.45) is 0 Å². The Morgan fingerprint density at radius 2 is 1.97 bits per heavy atom. The zero-order valence-electron chi connectivity index (χ0n) is 14.5. The Balaban J connectivity index is 2.06. The van der Waals surface area contributed by atoms with Crippen molar-refractivity contribution in [2.75, 3.05) is 5.75 Å². The fourth-order valence-electron chi connectivity index (χ4n) is 2.56. The van der Waals surface area contributed by atoms with Crippen molar-refractivity contribution in [2.45, 2.75) is 11.5 Å². The van der Waals surface area contributed by atoms with Crippen molar-refractivity contribution in [3.05, 3.63) is 64.8 Å². The van der Waals surface area contributed by atoms with Gasteiger partial charge in [-0.2, -0.15) is 5.26 Å². The molecule has 0 N–H and O–H groups in total. The summed E-state index contributed by atoms with van der Waals surface area (Å²) in [6.45, 7) is 0. The molecule has 2 aromatic carbocycles. The molecule has 0 amide bonds. The maximum absolute atomic E-state index is 12.4. The van der Waals surface area contributed by atoms with Gasteiger partial charge in [-0.05, 0) is 24.3 Å². The van der Waals surface area contributed by atoms with E-state index in [1.54, 1.807) is 10.6 Å². The second-order valence-electron chi connectivity index (χ2n) is 5.56. The molecular formula is C18H11F3N4O3S. The first kappa shape index (κ1) is 20.2. The zero-order chi connectivity index (χ0) is 21.0. The number of nitriles is 1. The van der Waals surface area contributed by atoms with Gasteiger partial charge in [0.1, 0.15) is 5.75 Å². The third kappa shape index (κ3) is 4.85. The van der Waals surface area contributed by atoms with E-state index in [0.717, 1.165) is 23.9 Å². The van der Waals surface area contributed by atoms with Gasteiger partial charge >= 0.3 is 6.36 Å². The SMILES string of the molecule is N#CCSc1ncc(-c2cccc([N+](=O)[O-])c2)n1-c1ccc(OC(F)(F)F)cc1. The topological polar surface area (TPSA) is 94.0 Å². The van der Waals surface area contributed by atoms with E-state index in [0.29, 0.717) is 22.1 Å². The molecule has 0 bridgehead atoms. The van der Waals surface area contributed by atoms with Crippen LogP contribution in [0.25, 0.3) is 16.9 Å². The molecule has 0 spiro atoms. The molecule has 29 heavy (non-hydrogen) atoms. The predicted octanol–water partition coefficient (Wildman–Crippen LogP) is 4.96. The first-order valence-corrected chi connectivity index (χ1v) is 8.95. The van der Waals surface area contributed by atoms with Gasteiger partial charge in [0, 0.05) is 23.4 Å². The summed E-state index contributed by atoms with van der Waals surface area (Å²) in [5, 5.41) is 20.3. The Morgan fingerprint density at radius 1 is 1.24 bits per heavy atom.